The number of rotatable bonds is 3. The number of benzene rings is 1. The van der Waals surface area contributed by atoms with Crippen molar-refractivity contribution in [3.8, 4) is 5.75 Å². The van der Waals surface area contributed by atoms with Crippen LogP contribution in [0.25, 0.3) is 0 Å². The summed E-state index contributed by atoms with van der Waals surface area (Å²) in [7, 11) is 1.87. The largest absolute Gasteiger partial charge is 0.493 e. The molecule has 1 fully saturated rings. The van der Waals surface area contributed by atoms with Crippen LogP contribution in [0, 0.1) is 5.41 Å². The van der Waals surface area contributed by atoms with E-state index in [9.17, 15) is 0 Å². The van der Waals surface area contributed by atoms with E-state index in [1.165, 1.54) is 11.1 Å². The van der Waals surface area contributed by atoms with E-state index in [2.05, 4.69) is 61.1 Å². The summed E-state index contributed by atoms with van der Waals surface area (Å²) >= 11 is 0. The zero-order valence-corrected chi connectivity index (χ0v) is 15.1. The van der Waals surface area contributed by atoms with Crippen molar-refractivity contribution in [1.82, 2.24) is 10.2 Å². The molecule has 0 unspecified atom stereocenters. The van der Waals surface area contributed by atoms with Crippen molar-refractivity contribution in [2.24, 2.45) is 10.4 Å². The molecule has 2 aliphatic heterocycles. The van der Waals surface area contributed by atoms with Gasteiger partial charge in [-0.05, 0) is 37.5 Å². The average Bonchev–Trinajstić information content (AvgIpc) is 2.97. The molecule has 3 rings (SSSR count). The molecule has 1 saturated heterocycles. The molecule has 1 aromatic carbocycles. The van der Waals surface area contributed by atoms with Crippen molar-refractivity contribution in [2.75, 3.05) is 26.7 Å². The second-order valence-corrected chi connectivity index (χ2v) is 7.79. The highest BCUT2D eigenvalue weighted by Gasteiger charge is 2.53. The second kappa shape index (κ2) is 5.73. The maximum Gasteiger partial charge on any atom is 0.194 e. The van der Waals surface area contributed by atoms with Crippen LogP contribution in [0.4, 0.5) is 0 Å². The SMILES string of the molecule is CN=C(NCCc1ccc2c(c1)CCO2)N1CC(C)(C)C1(C)C. The Bertz CT molecular complexity index is 619. The first-order valence-corrected chi connectivity index (χ1v) is 8.58. The van der Waals surface area contributed by atoms with Gasteiger partial charge in [0.05, 0.1) is 6.61 Å². The Morgan fingerprint density at radius 1 is 1.30 bits per heavy atom. The van der Waals surface area contributed by atoms with Gasteiger partial charge in [-0.25, -0.2) is 0 Å². The number of nitrogens with zero attached hydrogens (tertiary/aromatic N) is 2. The number of aliphatic imine (C=N–C) groups is 1. The van der Waals surface area contributed by atoms with Crippen LogP contribution in [0.15, 0.2) is 23.2 Å². The van der Waals surface area contributed by atoms with E-state index >= 15 is 0 Å². The predicted molar refractivity (Wildman–Crippen MR) is 95.3 cm³/mol. The molecule has 1 aromatic rings. The van der Waals surface area contributed by atoms with Gasteiger partial charge in [-0.1, -0.05) is 26.0 Å². The van der Waals surface area contributed by atoms with Gasteiger partial charge in [-0.3, -0.25) is 4.99 Å². The summed E-state index contributed by atoms with van der Waals surface area (Å²) in [4.78, 5) is 6.85. The molecule has 126 valence electrons. The van der Waals surface area contributed by atoms with E-state index in [-0.39, 0.29) is 5.54 Å². The number of nitrogens with one attached hydrogen (secondary N) is 1. The van der Waals surface area contributed by atoms with Gasteiger partial charge in [0.2, 0.25) is 0 Å². The van der Waals surface area contributed by atoms with Crippen molar-refractivity contribution < 1.29 is 4.74 Å². The van der Waals surface area contributed by atoms with Crippen molar-refractivity contribution in [3.63, 3.8) is 0 Å². The van der Waals surface area contributed by atoms with Crippen LogP contribution in [0.2, 0.25) is 0 Å². The lowest BCUT2D eigenvalue weighted by molar-refractivity contribution is -0.0666. The van der Waals surface area contributed by atoms with Gasteiger partial charge >= 0.3 is 0 Å². The predicted octanol–water partition coefficient (Wildman–Crippen LogP) is 2.86. The highest BCUT2D eigenvalue weighted by atomic mass is 16.5. The monoisotopic (exact) mass is 315 g/mol. The molecule has 4 nitrogen and oxygen atoms in total. The van der Waals surface area contributed by atoms with E-state index in [0.29, 0.717) is 5.41 Å². The van der Waals surface area contributed by atoms with E-state index in [0.717, 1.165) is 44.2 Å². The summed E-state index contributed by atoms with van der Waals surface area (Å²) in [5, 5.41) is 3.53. The zero-order valence-electron chi connectivity index (χ0n) is 15.1. The number of fused-ring (bicyclic) bond motifs is 1. The molecule has 0 radical (unpaired) electrons. The Kier molecular flexibility index (Phi) is 4.03. The Morgan fingerprint density at radius 3 is 2.74 bits per heavy atom. The smallest absolute Gasteiger partial charge is 0.194 e. The molecule has 1 N–H and O–H groups in total. The number of hydrogen-bond donors (Lipinski definition) is 1. The summed E-state index contributed by atoms with van der Waals surface area (Å²) in [6.45, 7) is 12.0. The van der Waals surface area contributed by atoms with Gasteiger partial charge in [0.1, 0.15) is 5.75 Å². The van der Waals surface area contributed by atoms with Crippen LogP contribution in [-0.2, 0) is 12.8 Å². The Labute approximate surface area is 139 Å². The molecule has 0 amide bonds. The second-order valence-electron chi connectivity index (χ2n) is 7.79. The number of hydrogen-bond acceptors (Lipinski definition) is 2. The molecule has 4 heteroatoms. The molecule has 0 aromatic heterocycles. The van der Waals surface area contributed by atoms with Crippen molar-refractivity contribution in [3.05, 3.63) is 29.3 Å². The molecule has 0 atom stereocenters. The van der Waals surface area contributed by atoms with Gasteiger partial charge < -0.3 is 15.0 Å². The Hall–Kier alpha value is -1.71. The van der Waals surface area contributed by atoms with Crippen LogP contribution in [-0.4, -0.2) is 43.1 Å². The van der Waals surface area contributed by atoms with E-state index in [4.69, 9.17) is 4.74 Å². The van der Waals surface area contributed by atoms with Crippen LogP contribution in [0.3, 0.4) is 0 Å². The van der Waals surface area contributed by atoms with Crippen molar-refractivity contribution in [1.29, 1.82) is 0 Å². The fourth-order valence-electron chi connectivity index (χ4n) is 3.41. The number of ether oxygens (including phenoxy) is 1. The molecular weight excluding hydrogens is 286 g/mol. The summed E-state index contributed by atoms with van der Waals surface area (Å²) in [6.07, 6.45) is 2.04. The van der Waals surface area contributed by atoms with Crippen LogP contribution < -0.4 is 10.1 Å². The molecule has 23 heavy (non-hydrogen) atoms. The molecule has 2 aliphatic rings. The average molecular weight is 315 g/mol. The minimum Gasteiger partial charge on any atom is -0.493 e. The maximum atomic E-state index is 5.57. The lowest BCUT2D eigenvalue weighted by Crippen LogP contribution is -2.72. The summed E-state index contributed by atoms with van der Waals surface area (Å²) in [5.41, 5.74) is 3.17. The van der Waals surface area contributed by atoms with Gasteiger partial charge in [0, 0.05) is 37.5 Å². The molecular formula is C19H29N3O. The van der Waals surface area contributed by atoms with Gasteiger partial charge in [0.25, 0.3) is 0 Å². The van der Waals surface area contributed by atoms with Gasteiger partial charge in [-0.15, -0.1) is 0 Å². The lowest BCUT2D eigenvalue weighted by Gasteiger charge is -2.62. The van der Waals surface area contributed by atoms with E-state index in [1.807, 2.05) is 7.05 Å². The third-order valence-electron chi connectivity index (χ3n) is 5.80. The third kappa shape index (κ3) is 2.79. The fraction of sp³-hybridized carbons (Fsp3) is 0.632. The highest BCUT2D eigenvalue weighted by molar-refractivity contribution is 5.82. The fourth-order valence-corrected chi connectivity index (χ4v) is 3.41. The standard InChI is InChI=1S/C19H29N3O/c1-18(2)13-22(19(18,3)4)17(20-5)21-10-8-14-6-7-16-15(12-14)9-11-23-16/h6-7,12H,8-11,13H2,1-5H3,(H,20,21). The van der Waals surface area contributed by atoms with Crippen LogP contribution in [0.5, 0.6) is 5.75 Å². The molecule has 0 bridgehead atoms. The first-order valence-electron chi connectivity index (χ1n) is 8.58. The normalized spacial score (nSPS) is 21.4. The van der Waals surface area contributed by atoms with Crippen molar-refractivity contribution >= 4 is 5.96 Å². The van der Waals surface area contributed by atoms with E-state index < -0.39 is 0 Å². The number of guanidine groups is 1. The zero-order chi connectivity index (χ0) is 16.7. The topological polar surface area (TPSA) is 36.9 Å². The molecule has 0 saturated carbocycles. The summed E-state index contributed by atoms with van der Waals surface area (Å²) < 4.78 is 5.57. The highest BCUT2D eigenvalue weighted by Crippen LogP contribution is 2.46. The molecule has 0 spiro atoms. The quantitative estimate of drug-likeness (QED) is 0.688. The summed E-state index contributed by atoms with van der Waals surface area (Å²) in [6, 6.07) is 6.56. The third-order valence-corrected chi connectivity index (χ3v) is 5.80. The van der Waals surface area contributed by atoms with Crippen LogP contribution in [0.1, 0.15) is 38.8 Å². The maximum absolute atomic E-state index is 5.57. The van der Waals surface area contributed by atoms with E-state index in [1.54, 1.807) is 0 Å². The van der Waals surface area contributed by atoms with Gasteiger partial charge in [0.15, 0.2) is 5.96 Å². The molecule has 2 heterocycles. The van der Waals surface area contributed by atoms with Crippen LogP contribution >= 0.6 is 0 Å². The number of likely N-dealkylation sites (tertiary alicyclic amines) is 1. The minimum atomic E-state index is 0.139. The first kappa shape index (κ1) is 16.2. The Morgan fingerprint density at radius 2 is 2.09 bits per heavy atom. The van der Waals surface area contributed by atoms with Crippen molar-refractivity contribution in [2.45, 2.75) is 46.1 Å². The minimum absolute atomic E-state index is 0.139. The lowest BCUT2D eigenvalue weighted by atomic mass is 9.65. The first-order chi connectivity index (χ1) is 10.8. The Balaban J connectivity index is 1.56. The molecule has 0 aliphatic carbocycles. The summed E-state index contributed by atoms with van der Waals surface area (Å²) in [5.74, 6) is 2.07. The van der Waals surface area contributed by atoms with Gasteiger partial charge in [-0.2, -0.15) is 0 Å².